The average molecular weight is 252 g/mol. The van der Waals surface area contributed by atoms with Crippen LogP contribution in [0.5, 0.6) is 0 Å². The standard InChI is InChI=1S/C12H12O2S2/c13-12(10-4-2-1-3-5-10)14-11-8-15-6-7-16-9-11/h1-7,11H,8-9H2. The number of hydrogen-bond acceptors (Lipinski definition) is 4. The van der Waals surface area contributed by atoms with Crippen molar-refractivity contribution in [2.24, 2.45) is 0 Å². The first kappa shape index (κ1) is 11.6. The van der Waals surface area contributed by atoms with Crippen molar-refractivity contribution in [3.8, 4) is 0 Å². The second-order valence-electron chi connectivity index (χ2n) is 3.33. The quantitative estimate of drug-likeness (QED) is 0.755. The van der Waals surface area contributed by atoms with Crippen molar-refractivity contribution >= 4 is 29.5 Å². The topological polar surface area (TPSA) is 26.3 Å². The maximum atomic E-state index is 11.8. The third-order valence-electron chi connectivity index (χ3n) is 2.10. The lowest BCUT2D eigenvalue weighted by atomic mass is 10.2. The maximum Gasteiger partial charge on any atom is 0.338 e. The molecule has 0 bridgehead atoms. The van der Waals surface area contributed by atoms with Crippen LogP contribution in [0.4, 0.5) is 0 Å². The van der Waals surface area contributed by atoms with E-state index in [9.17, 15) is 4.79 Å². The summed E-state index contributed by atoms with van der Waals surface area (Å²) in [6.45, 7) is 0. The molecule has 0 saturated heterocycles. The molecule has 1 aromatic carbocycles. The highest BCUT2D eigenvalue weighted by Gasteiger charge is 2.16. The van der Waals surface area contributed by atoms with Gasteiger partial charge < -0.3 is 4.74 Å². The Kier molecular flexibility index (Phi) is 4.36. The van der Waals surface area contributed by atoms with E-state index >= 15 is 0 Å². The molecule has 0 fully saturated rings. The van der Waals surface area contributed by atoms with Crippen LogP contribution in [0.1, 0.15) is 10.4 Å². The molecule has 2 nitrogen and oxygen atoms in total. The summed E-state index contributed by atoms with van der Waals surface area (Å²) < 4.78 is 5.44. The van der Waals surface area contributed by atoms with Crippen LogP contribution in [0.3, 0.4) is 0 Å². The number of carbonyl (C=O) groups excluding carboxylic acids is 1. The molecule has 1 aromatic rings. The van der Waals surface area contributed by atoms with Gasteiger partial charge in [-0.1, -0.05) is 18.2 Å². The Morgan fingerprint density at radius 2 is 1.75 bits per heavy atom. The zero-order valence-corrected chi connectivity index (χ0v) is 10.3. The van der Waals surface area contributed by atoms with Gasteiger partial charge in [-0.15, -0.1) is 23.5 Å². The molecule has 1 aliphatic heterocycles. The van der Waals surface area contributed by atoms with E-state index in [0.717, 1.165) is 11.5 Å². The zero-order chi connectivity index (χ0) is 11.2. The Morgan fingerprint density at radius 3 is 2.38 bits per heavy atom. The van der Waals surface area contributed by atoms with Gasteiger partial charge in [0.15, 0.2) is 0 Å². The van der Waals surface area contributed by atoms with Crippen molar-refractivity contribution < 1.29 is 9.53 Å². The first-order valence-corrected chi connectivity index (χ1v) is 7.10. The molecule has 1 aliphatic rings. The van der Waals surface area contributed by atoms with Crippen LogP contribution in [-0.2, 0) is 4.74 Å². The predicted octanol–water partition coefficient (Wildman–Crippen LogP) is 3.16. The highest BCUT2D eigenvalue weighted by Crippen LogP contribution is 2.20. The van der Waals surface area contributed by atoms with Gasteiger partial charge in [-0.3, -0.25) is 0 Å². The molecule has 0 spiro atoms. The number of rotatable bonds is 2. The van der Waals surface area contributed by atoms with E-state index in [-0.39, 0.29) is 12.1 Å². The fourth-order valence-electron chi connectivity index (χ4n) is 1.31. The van der Waals surface area contributed by atoms with Crippen LogP contribution in [0, 0.1) is 0 Å². The summed E-state index contributed by atoms with van der Waals surface area (Å²) in [5, 5.41) is 4.09. The number of carbonyl (C=O) groups is 1. The molecule has 0 radical (unpaired) electrons. The third kappa shape index (κ3) is 3.32. The number of thioether (sulfide) groups is 2. The first-order chi connectivity index (χ1) is 7.86. The number of benzene rings is 1. The van der Waals surface area contributed by atoms with Gasteiger partial charge >= 0.3 is 5.97 Å². The van der Waals surface area contributed by atoms with Gasteiger partial charge in [-0.25, -0.2) is 4.79 Å². The van der Waals surface area contributed by atoms with E-state index < -0.39 is 0 Å². The van der Waals surface area contributed by atoms with Crippen molar-refractivity contribution in [3.63, 3.8) is 0 Å². The van der Waals surface area contributed by atoms with E-state index in [4.69, 9.17) is 4.74 Å². The normalized spacial score (nSPS) is 16.8. The van der Waals surface area contributed by atoms with E-state index in [1.165, 1.54) is 0 Å². The van der Waals surface area contributed by atoms with Gasteiger partial charge in [-0.2, -0.15) is 0 Å². The maximum absolute atomic E-state index is 11.8. The molecule has 16 heavy (non-hydrogen) atoms. The smallest absolute Gasteiger partial charge is 0.338 e. The van der Waals surface area contributed by atoms with Crippen LogP contribution in [-0.4, -0.2) is 23.6 Å². The summed E-state index contributed by atoms with van der Waals surface area (Å²) >= 11 is 3.36. The Bertz CT molecular complexity index is 366. The van der Waals surface area contributed by atoms with Crippen LogP contribution in [0.15, 0.2) is 41.1 Å². The van der Waals surface area contributed by atoms with Gasteiger partial charge in [0, 0.05) is 11.5 Å². The number of esters is 1. The molecule has 0 N–H and O–H groups in total. The predicted molar refractivity (Wildman–Crippen MR) is 69.7 cm³/mol. The Hall–Kier alpha value is -0.870. The molecular weight excluding hydrogens is 240 g/mol. The molecule has 1 heterocycles. The van der Waals surface area contributed by atoms with Crippen molar-refractivity contribution in [1.29, 1.82) is 0 Å². The molecule has 0 saturated carbocycles. The van der Waals surface area contributed by atoms with Crippen LogP contribution in [0.25, 0.3) is 0 Å². The minimum Gasteiger partial charge on any atom is -0.457 e. The lowest BCUT2D eigenvalue weighted by Gasteiger charge is -2.14. The van der Waals surface area contributed by atoms with Crippen LogP contribution in [0.2, 0.25) is 0 Å². The van der Waals surface area contributed by atoms with Crippen LogP contribution >= 0.6 is 23.5 Å². The van der Waals surface area contributed by atoms with E-state index in [1.54, 1.807) is 35.7 Å². The second kappa shape index (κ2) is 6.01. The zero-order valence-electron chi connectivity index (χ0n) is 8.67. The molecular formula is C12H12O2S2. The SMILES string of the molecule is O=C(OC1CSC=CSC1)c1ccccc1. The molecule has 4 heteroatoms. The van der Waals surface area contributed by atoms with E-state index in [2.05, 4.69) is 0 Å². The van der Waals surface area contributed by atoms with Crippen molar-refractivity contribution in [3.05, 3.63) is 46.7 Å². The van der Waals surface area contributed by atoms with Gasteiger partial charge in [0.2, 0.25) is 0 Å². The molecule has 0 amide bonds. The lowest BCUT2D eigenvalue weighted by molar-refractivity contribution is 0.0394. The first-order valence-electron chi connectivity index (χ1n) is 5.00. The molecule has 84 valence electrons. The summed E-state index contributed by atoms with van der Waals surface area (Å²) in [5.41, 5.74) is 0.620. The fourth-order valence-corrected chi connectivity index (χ4v) is 3.12. The Morgan fingerprint density at radius 1 is 1.12 bits per heavy atom. The van der Waals surface area contributed by atoms with E-state index in [1.807, 2.05) is 29.0 Å². The monoisotopic (exact) mass is 252 g/mol. The highest BCUT2D eigenvalue weighted by atomic mass is 32.2. The van der Waals surface area contributed by atoms with Crippen molar-refractivity contribution in [1.82, 2.24) is 0 Å². The van der Waals surface area contributed by atoms with Gasteiger partial charge in [-0.05, 0) is 22.9 Å². The number of hydrogen-bond donors (Lipinski definition) is 0. The molecule has 0 aliphatic carbocycles. The molecule has 0 unspecified atom stereocenters. The van der Waals surface area contributed by atoms with Gasteiger partial charge in [0.05, 0.1) is 5.56 Å². The summed E-state index contributed by atoms with van der Waals surface area (Å²) in [5.74, 6) is 1.44. The Balaban J connectivity index is 1.92. The summed E-state index contributed by atoms with van der Waals surface area (Å²) in [4.78, 5) is 11.8. The molecule has 2 rings (SSSR count). The van der Waals surface area contributed by atoms with Crippen molar-refractivity contribution in [2.75, 3.05) is 11.5 Å². The minimum absolute atomic E-state index is 0.00212. The Labute approximate surface area is 103 Å². The lowest BCUT2D eigenvalue weighted by Crippen LogP contribution is -2.22. The van der Waals surface area contributed by atoms with Gasteiger partial charge in [0.25, 0.3) is 0 Å². The average Bonchev–Trinajstić information content (AvgIpc) is 2.59. The summed E-state index contributed by atoms with van der Waals surface area (Å²) in [6.07, 6.45) is -0.00212. The summed E-state index contributed by atoms with van der Waals surface area (Å²) in [6, 6.07) is 9.12. The fraction of sp³-hybridized carbons (Fsp3) is 0.250. The van der Waals surface area contributed by atoms with Gasteiger partial charge in [0.1, 0.15) is 6.10 Å². The number of ether oxygens (including phenoxy) is 1. The highest BCUT2D eigenvalue weighted by molar-refractivity contribution is 8.06. The largest absolute Gasteiger partial charge is 0.457 e. The minimum atomic E-state index is -0.228. The van der Waals surface area contributed by atoms with E-state index in [0.29, 0.717) is 5.56 Å². The summed E-state index contributed by atoms with van der Waals surface area (Å²) in [7, 11) is 0. The van der Waals surface area contributed by atoms with Crippen molar-refractivity contribution in [2.45, 2.75) is 6.10 Å². The third-order valence-corrected chi connectivity index (χ3v) is 4.05. The molecule has 0 atom stereocenters. The molecule has 0 aromatic heterocycles. The second-order valence-corrected chi connectivity index (χ2v) is 5.21. The van der Waals surface area contributed by atoms with Crippen LogP contribution < -0.4 is 0 Å².